The van der Waals surface area contributed by atoms with Crippen LogP contribution < -0.4 is 0 Å². The molecule has 2 aromatic heterocycles. The van der Waals surface area contributed by atoms with E-state index < -0.39 is 0 Å². The number of aryl methyl sites for hydroxylation is 2. The number of rotatable bonds is 4. The Morgan fingerprint density at radius 1 is 1.13 bits per heavy atom. The second kappa shape index (κ2) is 5.95. The second-order valence-electron chi connectivity index (χ2n) is 5.85. The van der Waals surface area contributed by atoms with E-state index in [1.165, 1.54) is 12.5 Å². The Morgan fingerprint density at radius 3 is 2.17 bits per heavy atom. The Kier molecular flexibility index (Phi) is 3.98. The van der Waals surface area contributed by atoms with Crippen LogP contribution >= 0.6 is 0 Å². The van der Waals surface area contributed by atoms with Gasteiger partial charge in [-0.05, 0) is 32.9 Å². The van der Waals surface area contributed by atoms with Crippen molar-refractivity contribution in [2.24, 2.45) is 0 Å². The van der Waals surface area contributed by atoms with Gasteiger partial charge in [0.25, 0.3) is 11.8 Å². The van der Waals surface area contributed by atoms with E-state index in [0.29, 0.717) is 42.3 Å². The van der Waals surface area contributed by atoms with Crippen molar-refractivity contribution in [2.75, 3.05) is 19.6 Å². The molecule has 1 aliphatic rings. The van der Waals surface area contributed by atoms with E-state index in [1.54, 1.807) is 28.9 Å². The van der Waals surface area contributed by atoms with Crippen molar-refractivity contribution in [3.8, 4) is 0 Å². The summed E-state index contributed by atoms with van der Waals surface area (Å²) in [7, 11) is 0. The third-order valence-corrected chi connectivity index (χ3v) is 4.15. The summed E-state index contributed by atoms with van der Waals surface area (Å²) in [5.74, 6) is 1.32. The molecule has 0 radical (unpaired) electrons. The van der Waals surface area contributed by atoms with Crippen LogP contribution in [0.4, 0.5) is 0 Å². The van der Waals surface area contributed by atoms with Gasteiger partial charge in [-0.25, -0.2) is 0 Å². The first-order valence-corrected chi connectivity index (χ1v) is 7.70. The van der Waals surface area contributed by atoms with Gasteiger partial charge in [0.05, 0.1) is 17.2 Å². The van der Waals surface area contributed by atoms with Gasteiger partial charge >= 0.3 is 0 Å². The lowest BCUT2D eigenvalue weighted by Gasteiger charge is -2.44. The number of carbonyl (C=O) groups excluding carboxylic acids is 2. The summed E-state index contributed by atoms with van der Waals surface area (Å²) in [6.45, 7) is 7.23. The standard InChI is InChI=1S/C17H20N2O4/c1-4-19(17(21)14-6-12(3)23-10-14)15-7-18(8-15)16(20)13-5-11(2)22-9-13/h5-6,9-10,15H,4,7-8H2,1-3H3. The van der Waals surface area contributed by atoms with Crippen LogP contribution in [0.5, 0.6) is 0 Å². The molecule has 0 saturated carbocycles. The quantitative estimate of drug-likeness (QED) is 0.869. The number of hydrogen-bond donors (Lipinski definition) is 0. The van der Waals surface area contributed by atoms with Gasteiger partial charge in [-0.3, -0.25) is 9.59 Å². The molecule has 0 N–H and O–H groups in total. The molecule has 0 atom stereocenters. The third-order valence-electron chi connectivity index (χ3n) is 4.15. The largest absolute Gasteiger partial charge is 0.469 e. The van der Waals surface area contributed by atoms with Crippen LogP contribution in [0.25, 0.3) is 0 Å². The molecule has 0 aliphatic carbocycles. The molecule has 6 heteroatoms. The Morgan fingerprint density at radius 2 is 1.70 bits per heavy atom. The van der Waals surface area contributed by atoms with E-state index >= 15 is 0 Å². The zero-order valence-electron chi connectivity index (χ0n) is 13.5. The maximum atomic E-state index is 12.5. The van der Waals surface area contributed by atoms with Crippen LogP contribution in [-0.4, -0.2) is 47.3 Å². The van der Waals surface area contributed by atoms with Gasteiger partial charge in [0, 0.05) is 19.6 Å². The van der Waals surface area contributed by atoms with E-state index in [0.717, 1.165) is 0 Å². The molecule has 0 aromatic carbocycles. The number of carbonyl (C=O) groups is 2. The van der Waals surface area contributed by atoms with Crippen molar-refractivity contribution in [2.45, 2.75) is 26.8 Å². The van der Waals surface area contributed by atoms with E-state index in [1.807, 2.05) is 13.8 Å². The number of nitrogens with zero attached hydrogens (tertiary/aromatic N) is 2. The summed E-state index contributed by atoms with van der Waals surface area (Å²) in [5, 5.41) is 0. The summed E-state index contributed by atoms with van der Waals surface area (Å²) >= 11 is 0. The molecule has 0 bridgehead atoms. The molecule has 2 aromatic rings. The molecular weight excluding hydrogens is 296 g/mol. The number of hydrogen-bond acceptors (Lipinski definition) is 4. The topological polar surface area (TPSA) is 66.9 Å². The Hall–Kier alpha value is -2.50. The smallest absolute Gasteiger partial charge is 0.257 e. The van der Waals surface area contributed by atoms with Crippen molar-refractivity contribution >= 4 is 11.8 Å². The zero-order valence-corrected chi connectivity index (χ0v) is 13.5. The van der Waals surface area contributed by atoms with Crippen molar-refractivity contribution in [3.63, 3.8) is 0 Å². The first-order chi connectivity index (χ1) is 11.0. The summed E-state index contributed by atoms with van der Waals surface area (Å²) in [5.41, 5.74) is 1.11. The number of furan rings is 2. The predicted molar refractivity (Wildman–Crippen MR) is 83.3 cm³/mol. The number of amides is 2. The fraction of sp³-hybridized carbons (Fsp3) is 0.412. The van der Waals surface area contributed by atoms with Crippen molar-refractivity contribution in [1.29, 1.82) is 0 Å². The lowest BCUT2D eigenvalue weighted by atomic mass is 10.0. The van der Waals surface area contributed by atoms with E-state index in [2.05, 4.69) is 0 Å². The first kappa shape index (κ1) is 15.4. The van der Waals surface area contributed by atoms with E-state index in [-0.39, 0.29) is 17.9 Å². The lowest BCUT2D eigenvalue weighted by molar-refractivity contribution is 0.0244. The van der Waals surface area contributed by atoms with Gasteiger partial charge < -0.3 is 18.6 Å². The minimum Gasteiger partial charge on any atom is -0.469 e. The van der Waals surface area contributed by atoms with E-state index in [4.69, 9.17) is 8.83 Å². The molecule has 1 saturated heterocycles. The lowest BCUT2D eigenvalue weighted by Crippen LogP contribution is -2.62. The Balaban J connectivity index is 1.62. The average molecular weight is 316 g/mol. The summed E-state index contributed by atoms with van der Waals surface area (Å²) in [6.07, 6.45) is 2.96. The van der Waals surface area contributed by atoms with Crippen LogP contribution in [0, 0.1) is 13.8 Å². The highest BCUT2D eigenvalue weighted by Gasteiger charge is 2.37. The van der Waals surface area contributed by atoms with Crippen molar-refractivity contribution in [3.05, 3.63) is 47.3 Å². The highest BCUT2D eigenvalue weighted by Crippen LogP contribution is 2.21. The van der Waals surface area contributed by atoms with Crippen LogP contribution in [0.2, 0.25) is 0 Å². The maximum Gasteiger partial charge on any atom is 0.257 e. The third kappa shape index (κ3) is 2.88. The summed E-state index contributed by atoms with van der Waals surface area (Å²) < 4.78 is 10.4. The fourth-order valence-corrected chi connectivity index (χ4v) is 2.85. The minimum absolute atomic E-state index is 0.0413. The van der Waals surface area contributed by atoms with Crippen LogP contribution in [0.1, 0.15) is 39.2 Å². The molecule has 0 spiro atoms. The highest BCUT2D eigenvalue weighted by atomic mass is 16.3. The molecule has 3 rings (SSSR count). The normalized spacial score (nSPS) is 14.7. The molecule has 1 aliphatic heterocycles. The van der Waals surface area contributed by atoms with Crippen molar-refractivity contribution in [1.82, 2.24) is 9.80 Å². The second-order valence-corrected chi connectivity index (χ2v) is 5.85. The number of likely N-dealkylation sites (N-methyl/N-ethyl adjacent to an activating group) is 1. The predicted octanol–water partition coefficient (Wildman–Crippen LogP) is 2.48. The molecule has 6 nitrogen and oxygen atoms in total. The maximum absolute atomic E-state index is 12.5. The van der Waals surface area contributed by atoms with Gasteiger partial charge in [-0.2, -0.15) is 0 Å². The molecule has 2 amide bonds. The average Bonchev–Trinajstić information content (AvgIpc) is 3.09. The van der Waals surface area contributed by atoms with Gasteiger partial charge in [0.2, 0.25) is 0 Å². The van der Waals surface area contributed by atoms with Gasteiger partial charge in [0.15, 0.2) is 0 Å². The Labute approximate surface area is 134 Å². The van der Waals surface area contributed by atoms with E-state index in [9.17, 15) is 9.59 Å². The van der Waals surface area contributed by atoms with Gasteiger partial charge in [-0.15, -0.1) is 0 Å². The van der Waals surface area contributed by atoms with Crippen molar-refractivity contribution < 1.29 is 18.4 Å². The number of likely N-dealkylation sites (tertiary alicyclic amines) is 1. The SMILES string of the molecule is CCN(C(=O)c1coc(C)c1)C1CN(C(=O)c2coc(C)c2)C1. The van der Waals surface area contributed by atoms with Gasteiger partial charge in [-0.1, -0.05) is 0 Å². The summed E-state index contributed by atoms with van der Waals surface area (Å²) in [6, 6.07) is 3.51. The molecule has 1 fully saturated rings. The monoisotopic (exact) mass is 316 g/mol. The minimum atomic E-state index is -0.0550. The Bertz CT molecular complexity index is 725. The molecule has 122 valence electrons. The van der Waals surface area contributed by atoms with Crippen LogP contribution in [0.3, 0.4) is 0 Å². The fourth-order valence-electron chi connectivity index (χ4n) is 2.85. The zero-order chi connectivity index (χ0) is 16.6. The molecule has 23 heavy (non-hydrogen) atoms. The first-order valence-electron chi connectivity index (χ1n) is 7.70. The highest BCUT2D eigenvalue weighted by molar-refractivity contribution is 5.96. The molecule has 3 heterocycles. The van der Waals surface area contributed by atoms with Crippen LogP contribution in [0.15, 0.2) is 33.5 Å². The molecular formula is C17H20N2O4. The summed E-state index contributed by atoms with van der Waals surface area (Å²) in [4.78, 5) is 28.3. The van der Waals surface area contributed by atoms with Gasteiger partial charge in [0.1, 0.15) is 24.0 Å². The molecule has 0 unspecified atom stereocenters. The van der Waals surface area contributed by atoms with Crippen LogP contribution in [-0.2, 0) is 0 Å².